The molecule has 4 nitrogen and oxygen atoms in total. The first-order valence-corrected chi connectivity index (χ1v) is 5.05. The van der Waals surface area contributed by atoms with Gasteiger partial charge in [-0.05, 0) is 12.5 Å². The first-order valence-electron chi connectivity index (χ1n) is 5.05. The van der Waals surface area contributed by atoms with Gasteiger partial charge in [-0.15, -0.1) is 0 Å². The van der Waals surface area contributed by atoms with Crippen LogP contribution in [0.3, 0.4) is 0 Å². The van der Waals surface area contributed by atoms with Crippen LogP contribution in [-0.4, -0.2) is 17.9 Å². The molecule has 1 atom stereocenters. The molecule has 80 valence electrons. The van der Waals surface area contributed by atoms with Crippen LogP contribution in [0.5, 0.6) is 0 Å². The summed E-state index contributed by atoms with van der Waals surface area (Å²) in [6.07, 6.45) is 2.95. The Morgan fingerprint density at radius 1 is 1.53 bits per heavy atom. The lowest BCUT2D eigenvalue weighted by atomic mass is 10.1. The number of aromatic nitrogens is 1. The van der Waals surface area contributed by atoms with Crippen molar-refractivity contribution in [2.24, 2.45) is 0 Å². The van der Waals surface area contributed by atoms with E-state index in [1.165, 1.54) is 0 Å². The molecule has 1 saturated heterocycles. The minimum atomic E-state index is 0.0679. The molecule has 4 heteroatoms. The van der Waals surface area contributed by atoms with Crippen molar-refractivity contribution in [3.63, 3.8) is 0 Å². The normalized spacial score (nSPS) is 21.1. The zero-order valence-corrected chi connectivity index (χ0v) is 8.93. The van der Waals surface area contributed by atoms with Crippen LogP contribution in [0.2, 0.25) is 0 Å². The number of carbonyl (C=O) groups is 1. The lowest BCUT2D eigenvalue weighted by molar-refractivity contribution is -0.612. The Morgan fingerprint density at radius 2 is 2.27 bits per heavy atom. The molecule has 1 aromatic rings. The van der Waals surface area contributed by atoms with Crippen LogP contribution < -0.4 is 4.73 Å². The van der Waals surface area contributed by atoms with E-state index in [9.17, 15) is 10.0 Å². The maximum absolute atomic E-state index is 11.4. The maximum Gasteiger partial charge on any atom is 0.222 e. The second-order valence-corrected chi connectivity index (χ2v) is 3.99. The van der Waals surface area contributed by atoms with Gasteiger partial charge >= 0.3 is 0 Å². The number of likely N-dealkylation sites (tertiary alicyclic amines) is 1. The highest BCUT2D eigenvalue weighted by Crippen LogP contribution is 2.30. The summed E-state index contributed by atoms with van der Waals surface area (Å²) in [5.41, 5.74) is 1.59. The van der Waals surface area contributed by atoms with Gasteiger partial charge in [-0.3, -0.25) is 4.79 Å². The molecule has 2 heterocycles. The Morgan fingerprint density at radius 3 is 2.80 bits per heavy atom. The van der Waals surface area contributed by atoms with Crippen LogP contribution in [0.25, 0.3) is 0 Å². The Kier molecular flexibility index (Phi) is 2.34. The van der Waals surface area contributed by atoms with Crippen molar-refractivity contribution in [1.82, 2.24) is 4.90 Å². The highest BCUT2D eigenvalue weighted by molar-refractivity contribution is 5.78. The van der Waals surface area contributed by atoms with E-state index in [0.29, 0.717) is 12.1 Å². The fraction of sp³-hybridized carbons (Fsp3) is 0.455. The van der Waals surface area contributed by atoms with E-state index in [1.807, 2.05) is 6.07 Å². The monoisotopic (exact) mass is 206 g/mol. The lowest BCUT2D eigenvalue weighted by Crippen LogP contribution is -2.32. The van der Waals surface area contributed by atoms with E-state index >= 15 is 0 Å². The quantitative estimate of drug-likeness (QED) is 0.506. The molecule has 1 aromatic heterocycles. The topological polar surface area (TPSA) is 47.2 Å². The lowest BCUT2D eigenvalue weighted by Gasteiger charge is -2.19. The zero-order valence-electron chi connectivity index (χ0n) is 8.93. The van der Waals surface area contributed by atoms with Crippen molar-refractivity contribution >= 4 is 5.91 Å². The van der Waals surface area contributed by atoms with Crippen LogP contribution >= 0.6 is 0 Å². The summed E-state index contributed by atoms with van der Waals surface area (Å²) in [6.45, 7) is 1.76. The minimum absolute atomic E-state index is 0.0679. The van der Waals surface area contributed by atoms with Crippen molar-refractivity contribution in [3.05, 3.63) is 34.8 Å². The number of rotatable bonds is 1. The van der Waals surface area contributed by atoms with Crippen molar-refractivity contribution < 1.29 is 9.52 Å². The molecule has 1 fully saturated rings. The molecule has 0 aliphatic carbocycles. The summed E-state index contributed by atoms with van der Waals surface area (Å²) in [6, 6.07) is 3.78. The summed E-state index contributed by atoms with van der Waals surface area (Å²) >= 11 is 0. The first kappa shape index (κ1) is 9.96. The fourth-order valence-corrected chi connectivity index (χ4v) is 1.96. The van der Waals surface area contributed by atoms with Gasteiger partial charge in [0.25, 0.3) is 0 Å². The zero-order chi connectivity index (χ0) is 11.0. The van der Waals surface area contributed by atoms with Gasteiger partial charge in [0, 0.05) is 32.0 Å². The highest BCUT2D eigenvalue weighted by atomic mass is 16.5. The maximum atomic E-state index is 11.4. The number of nitrogens with zero attached hydrogens (tertiary/aromatic N) is 2. The van der Waals surface area contributed by atoms with Gasteiger partial charge in [-0.1, -0.05) is 0 Å². The molecule has 1 aliphatic rings. The number of hydrogen-bond donors (Lipinski definition) is 0. The van der Waals surface area contributed by atoms with Gasteiger partial charge in [0.2, 0.25) is 5.91 Å². The van der Waals surface area contributed by atoms with Crippen molar-refractivity contribution in [2.45, 2.75) is 25.8 Å². The molecule has 2 rings (SSSR count). The molecular weight excluding hydrogens is 192 g/mol. The SMILES string of the molecule is Cc1ccc([C@@H]2CCC(=O)N2C)c[n+]1[O-]. The predicted molar refractivity (Wildman–Crippen MR) is 54.9 cm³/mol. The largest absolute Gasteiger partial charge is 0.618 e. The van der Waals surface area contributed by atoms with Crippen LogP contribution in [-0.2, 0) is 4.79 Å². The summed E-state index contributed by atoms with van der Waals surface area (Å²) in [7, 11) is 1.79. The van der Waals surface area contributed by atoms with Gasteiger partial charge in [-0.2, -0.15) is 4.73 Å². The van der Waals surface area contributed by atoms with Gasteiger partial charge < -0.3 is 10.1 Å². The number of pyridine rings is 1. The average molecular weight is 206 g/mol. The average Bonchev–Trinajstić information content (AvgIpc) is 2.53. The van der Waals surface area contributed by atoms with Crippen molar-refractivity contribution in [2.75, 3.05) is 7.05 Å². The Bertz CT molecular complexity index is 404. The number of hydrogen-bond acceptors (Lipinski definition) is 2. The fourth-order valence-electron chi connectivity index (χ4n) is 1.96. The van der Waals surface area contributed by atoms with Gasteiger partial charge in [0.15, 0.2) is 11.9 Å². The summed E-state index contributed by atoms with van der Waals surface area (Å²) in [5.74, 6) is 0.151. The van der Waals surface area contributed by atoms with Crippen molar-refractivity contribution in [1.29, 1.82) is 0 Å². The molecule has 1 amide bonds. The van der Waals surface area contributed by atoms with Crippen LogP contribution in [0.15, 0.2) is 18.3 Å². The third-order valence-electron chi connectivity index (χ3n) is 3.01. The first-order chi connectivity index (χ1) is 7.09. The molecule has 0 unspecified atom stereocenters. The van der Waals surface area contributed by atoms with E-state index in [2.05, 4.69) is 0 Å². The van der Waals surface area contributed by atoms with Gasteiger partial charge in [0.05, 0.1) is 6.04 Å². The molecular formula is C11H14N2O2. The van der Waals surface area contributed by atoms with E-state index in [-0.39, 0.29) is 11.9 Å². The van der Waals surface area contributed by atoms with E-state index < -0.39 is 0 Å². The highest BCUT2D eigenvalue weighted by Gasteiger charge is 2.30. The second kappa shape index (κ2) is 3.53. The number of aryl methyl sites for hydroxylation is 1. The Labute approximate surface area is 88.7 Å². The molecule has 0 N–H and O–H groups in total. The molecule has 0 bridgehead atoms. The smallest absolute Gasteiger partial charge is 0.222 e. The molecule has 0 aromatic carbocycles. The van der Waals surface area contributed by atoms with Crippen LogP contribution in [0, 0.1) is 12.1 Å². The standard InChI is InChI=1S/C11H14N2O2/c1-8-3-4-9(7-13(8)15)10-5-6-11(14)12(10)2/h3-4,7,10H,5-6H2,1-2H3/t10-/m0/s1. The van der Waals surface area contributed by atoms with E-state index in [1.54, 1.807) is 31.1 Å². The summed E-state index contributed by atoms with van der Waals surface area (Å²) < 4.78 is 0.853. The molecule has 0 radical (unpaired) electrons. The predicted octanol–water partition coefficient (Wildman–Crippen LogP) is 0.922. The third-order valence-corrected chi connectivity index (χ3v) is 3.01. The van der Waals surface area contributed by atoms with Crippen LogP contribution in [0.1, 0.15) is 30.1 Å². The van der Waals surface area contributed by atoms with Crippen LogP contribution in [0.4, 0.5) is 0 Å². The third kappa shape index (κ3) is 1.67. The molecule has 0 saturated carbocycles. The van der Waals surface area contributed by atoms with E-state index in [0.717, 1.165) is 16.7 Å². The van der Waals surface area contributed by atoms with Gasteiger partial charge in [-0.25, -0.2) is 0 Å². The Balaban J connectivity index is 2.30. The molecule has 1 aliphatic heterocycles. The second-order valence-electron chi connectivity index (χ2n) is 3.99. The van der Waals surface area contributed by atoms with Crippen molar-refractivity contribution in [3.8, 4) is 0 Å². The summed E-state index contributed by atoms with van der Waals surface area (Å²) in [4.78, 5) is 13.1. The number of amides is 1. The summed E-state index contributed by atoms with van der Waals surface area (Å²) in [5, 5.41) is 11.4. The minimum Gasteiger partial charge on any atom is -0.618 e. The van der Waals surface area contributed by atoms with E-state index in [4.69, 9.17) is 0 Å². The molecule has 0 spiro atoms. The molecule has 15 heavy (non-hydrogen) atoms. The van der Waals surface area contributed by atoms with Gasteiger partial charge in [0.1, 0.15) is 0 Å². The Hall–Kier alpha value is -1.58. The number of carbonyl (C=O) groups excluding carboxylic acids is 1.